The maximum atomic E-state index is 13.1. The summed E-state index contributed by atoms with van der Waals surface area (Å²) in [4.78, 5) is 21.3. The van der Waals surface area contributed by atoms with E-state index in [0.717, 1.165) is 12.1 Å². The van der Waals surface area contributed by atoms with Crippen LogP contribution in [0.2, 0.25) is 0 Å². The number of hydrogen-bond donors (Lipinski definition) is 1. The summed E-state index contributed by atoms with van der Waals surface area (Å²) in [6, 6.07) is 8.94. The molecule has 0 fully saturated rings. The molecule has 0 amide bonds. The Kier molecular flexibility index (Phi) is 5.46. The molecular weight excluding hydrogens is 364 g/mol. The molecule has 0 aromatic heterocycles. The van der Waals surface area contributed by atoms with Gasteiger partial charge in [-0.15, -0.1) is 0 Å². The normalized spacial score (nSPS) is 12.2. The summed E-state index contributed by atoms with van der Waals surface area (Å²) < 4.78 is 31.8. The summed E-state index contributed by atoms with van der Waals surface area (Å²) in [6.45, 7) is 1.18. The highest BCUT2D eigenvalue weighted by atomic mass is 32.2. The minimum atomic E-state index is -4.52. The number of benzene rings is 2. The Morgan fingerprint density at radius 2 is 1.77 bits per heavy atom. The zero-order chi connectivity index (χ0) is 19.5. The molecule has 10 heteroatoms. The van der Waals surface area contributed by atoms with Crippen molar-refractivity contribution in [3.8, 4) is 5.75 Å². The molecule has 2 aromatic rings. The van der Waals surface area contributed by atoms with E-state index in [-0.39, 0.29) is 5.69 Å². The van der Waals surface area contributed by atoms with Crippen LogP contribution in [-0.2, 0) is 14.8 Å². The smallest absolute Gasteiger partial charge is 0.327 e. The van der Waals surface area contributed by atoms with Crippen molar-refractivity contribution in [3.63, 3.8) is 0 Å². The second-order valence-electron chi connectivity index (χ2n) is 5.24. The van der Waals surface area contributed by atoms with Crippen molar-refractivity contribution >= 4 is 27.4 Å². The molecule has 0 aliphatic heterocycles. The van der Waals surface area contributed by atoms with Crippen LogP contribution in [0.1, 0.15) is 6.92 Å². The fraction of sp³-hybridized carbons (Fsp3) is 0.188. The van der Waals surface area contributed by atoms with E-state index in [4.69, 9.17) is 4.74 Å². The molecule has 0 aliphatic rings. The molecule has 0 heterocycles. The minimum Gasteiger partial charge on any atom is -0.497 e. The third kappa shape index (κ3) is 3.59. The number of nitrogens with zero attached hydrogens (tertiary/aromatic N) is 2. The third-order valence-corrected chi connectivity index (χ3v) is 5.58. The van der Waals surface area contributed by atoms with E-state index in [0.29, 0.717) is 10.1 Å². The number of sulfonamides is 1. The number of rotatable bonds is 7. The van der Waals surface area contributed by atoms with Crippen LogP contribution in [0, 0.1) is 10.1 Å². The number of carboxylic acid groups (broad SMARTS) is 1. The van der Waals surface area contributed by atoms with Gasteiger partial charge in [-0.3, -0.25) is 14.4 Å². The Hall–Kier alpha value is -3.14. The summed E-state index contributed by atoms with van der Waals surface area (Å²) in [5.41, 5.74) is -0.595. The predicted molar refractivity (Wildman–Crippen MR) is 92.9 cm³/mol. The predicted octanol–water partition coefficient (Wildman–Crippen LogP) is 2.27. The SMILES string of the molecule is COc1ccc(N(C(C)C(=O)O)S(=O)(=O)c2ccccc2[N+](=O)[O-])cc1. The number of anilines is 1. The fourth-order valence-electron chi connectivity index (χ4n) is 2.33. The number of ether oxygens (including phenoxy) is 1. The van der Waals surface area contributed by atoms with Gasteiger partial charge in [0.05, 0.1) is 17.7 Å². The van der Waals surface area contributed by atoms with Crippen molar-refractivity contribution in [3.05, 3.63) is 58.6 Å². The fourth-order valence-corrected chi connectivity index (χ4v) is 4.11. The lowest BCUT2D eigenvalue weighted by Crippen LogP contribution is -2.43. The lowest BCUT2D eigenvalue weighted by atomic mass is 10.2. The molecule has 9 nitrogen and oxygen atoms in total. The standard InChI is InChI=1S/C16H16N2O7S/c1-11(16(19)20)17(12-7-9-13(25-2)10-8-12)26(23,24)15-6-4-3-5-14(15)18(21)22/h3-11H,1-2H3,(H,19,20). The first-order valence-electron chi connectivity index (χ1n) is 7.35. The van der Waals surface area contributed by atoms with Gasteiger partial charge < -0.3 is 9.84 Å². The van der Waals surface area contributed by atoms with Crippen LogP contribution in [0.5, 0.6) is 5.75 Å². The van der Waals surface area contributed by atoms with Crippen LogP contribution in [0.15, 0.2) is 53.4 Å². The number of methoxy groups -OCH3 is 1. The van der Waals surface area contributed by atoms with Crippen LogP contribution in [0.4, 0.5) is 11.4 Å². The van der Waals surface area contributed by atoms with E-state index in [1.54, 1.807) is 0 Å². The van der Waals surface area contributed by atoms with Gasteiger partial charge in [0.2, 0.25) is 0 Å². The number of para-hydroxylation sites is 1. The van der Waals surface area contributed by atoms with Gasteiger partial charge in [-0.25, -0.2) is 13.2 Å². The zero-order valence-electron chi connectivity index (χ0n) is 13.9. The first kappa shape index (κ1) is 19.2. The largest absolute Gasteiger partial charge is 0.497 e. The van der Waals surface area contributed by atoms with Gasteiger partial charge in [0.1, 0.15) is 11.8 Å². The molecule has 1 atom stereocenters. The Labute approximate surface area is 149 Å². The van der Waals surface area contributed by atoms with Gasteiger partial charge in [0.15, 0.2) is 4.90 Å². The van der Waals surface area contributed by atoms with Crippen molar-refractivity contribution < 1.29 is 28.0 Å². The van der Waals surface area contributed by atoms with Crippen molar-refractivity contribution in [2.24, 2.45) is 0 Å². The quantitative estimate of drug-likeness (QED) is 0.576. The topological polar surface area (TPSA) is 127 Å². The maximum Gasteiger partial charge on any atom is 0.327 e. The molecule has 2 rings (SSSR count). The number of hydrogen-bond acceptors (Lipinski definition) is 6. The van der Waals surface area contributed by atoms with Crippen molar-refractivity contribution in [1.82, 2.24) is 0 Å². The minimum absolute atomic E-state index is 0.0406. The van der Waals surface area contributed by atoms with Gasteiger partial charge in [0.25, 0.3) is 15.7 Å². The molecule has 26 heavy (non-hydrogen) atoms. The molecule has 0 spiro atoms. The molecule has 1 unspecified atom stereocenters. The summed E-state index contributed by atoms with van der Waals surface area (Å²) in [7, 11) is -3.10. The average Bonchev–Trinajstić information content (AvgIpc) is 2.62. The van der Waals surface area contributed by atoms with Crippen LogP contribution < -0.4 is 9.04 Å². The average molecular weight is 380 g/mol. The Balaban J connectivity index is 2.68. The van der Waals surface area contributed by atoms with Crippen LogP contribution >= 0.6 is 0 Å². The van der Waals surface area contributed by atoms with E-state index in [1.807, 2.05) is 0 Å². The first-order valence-corrected chi connectivity index (χ1v) is 8.79. The highest BCUT2D eigenvalue weighted by Crippen LogP contribution is 2.32. The highest BCUT2D eigenvalue weighted by Gasteiger charge is 2.37. The Bertz CT molecular complexity index is 926. The second kappa shape index (κ2) is 7.40. The maximum absolute atomic E-state index is 13.1. The monoisotopic (exact) mass is 380 g/mol. The highest BCUT2D eigenvalue weighted by molar-refractivity contribution is 7.93. The van der Waals surface area contributed by atoms with Crippen LogP contribution in [0.25, 0.3) is 0 Å². The number of aliphatic carboxylic acids is 1. The summed E-state index contributed by atoms with van der Waals surface area (Å²) in [6.07, 6.45) is 0. The molecule has 0 bridgehead atoms. The number of carboxylic acids is 1. The van der Waals surface area contributed by atoms with Crippen LogP contribution in [0.3, 0.4) is 0 Å². The molecule has 2 aromatic carbocycles. The number of carbonyl (C=O) groups is 1. The molecule has 0 radical (unpaired) electrons. The van der Waals surface area contributed by atoms with Crippen molar-refractivity contribution in [1.29, 1.82) is 0 Å². The third-order valence-electron chi connectivity index (χ3n) is 3.63. The van der Waals surface area contributed by atoms with Crippen LogP contribution in [-0.4, -0.2) is 37.6 Å². The van der Waals surface area contributed by atoms with Crippen molar-refractivity contribution in [2.45, 2.75) is 17.9 Å². The van der Waals surface area contributed by atoms with Crippen molar-refractivity contribution in [2.75, 3.05) is 11.4 Å². The van der Waals surface area contributed by atoms with Gasteiger partial charge in [-0.05, 0) is 37.3 Å². The van der Waals surface area contributed by atoms with Gasteiger partial charge in [-0.2, -0.15) is 0 Å². The Morgan fingerprint density at radius 1 is 1.19 bits per heavy atom. The molecule has 0 saturated carbocycles. The van der Waals surface area contributed by atoms with E-state index < -0.39 is 37.5 Å². The van der Waals surface area contributed by atoms with E-state index in [9.17, 15) is 28.4 Å². The van der Waals surface area contributed by atoms with Gasteiger partial charge in [-0.1, -0.05) is 12.1 Å². The second-order valence-corrected chi connectivity index (χ2v) is 7.02. The van der Waals surface area contributed by atoms with E-state index in [2.05, 4.69) is 0 Å². The molecule has 0 saturated heterocycles. The summed E-state index contributed by atoms with van der Waals surface area (Å²) in [5, 5.41) is 20.5. The summed E-state index contributed by atoms with van der Waals surface area (Å²) in [5.74, 6) is -0.956. The number of nitro benzene ring substituents is 1. The first-order chi connectivity index (χ1) is 12.2. The van der Waals surface area contributed by atoms with Gasteiger partial charge in [0, 0.05) is 6.07 Å². The molecule has 138 valence electrons. The zero-order valence-corrected chi connectivity index (χ0v) is 14.7. The number of nitro groups is 1. The lowest BCUT2D eigenvalue weighted by molar-refractivity contribution is -0.387. The molecule has 1 N–H and O–H groups in total. The van der Waals surface area contributed by atoms with E-state index in [1.165, 1.54) is 50.4 Å². The van der Waals surface area contributed by atoms with Gasteiger partial charge >= 0.3 is 5.97 Å². The molecular formula is C16H16N2O7S. The van der Waals surface area contributed by atoms with E-state index >= 15 is 0 Å². The molecule has 0 aliphatic carbocycles. The Morgan fingerprint density at radius 3 is 2.27 bits per heavy atom. The summed E-state index contributed by atoms with van der Waals surface area (Å²) >= 11 is 0. The lowest BCUT2D eigenvalue weighted by Gasteiger charge is -2.28.